The predicted octanol–water partition coefficient (Wildman–Crippen LogP) is 4.08. The van der Waals surface area contributed by atoms with Gasteiger partial charge in [-0.3, -0.25) is 0 Å². The van der Waals surface area contributed by atoms with Crippen molar-refractivity contribution in [3.8, 4) is 5.75 Å². The molecule has 0 aromatic heterocycles. The van der Waals surface area contributed by atoms with Crippen molar-refractivity contribution < 1.29 is 9.13 Å². The minimum Gasteiger partial charge on any atom is -0.487 e. The summed E-state index contributed by atoms with van der Waals surface area (Å²) in [5.74, 6) is 0.332. The van der Waals surface area contributed by atoms with Crippen molar-refractivity contribution in [3.05, 3.63) is 64.4 Å². The van der Waals surface area contributed by atoms with E-state index in [4.69, 9.17) is 22.1 Å². The van der Waals surface area contributed by atoms with Crippen molar-refractivity contribution in [2.24, 2.45) is 5.73 Å². The number of nitrogens with two attached hydrogens (primary N) is 1. The molecule has 2 nitrogen and oxygen atoms in total. The molecule has 0 heterocycles. The zero-order valence-corrected chi connectivity index (χ0v) is 11.3. The van der Waals surface area contributed by atoms with E-state index < -0.39 is 0 Å². The predicted molar refractivity (Wildman–Crippen MR) is 74.8 cm³/mol. The van der Waals surface area contributed by atoms with Crippen LogP contribution in [0.5, 0.6) is 5.75 Å². The lowest BCUT2D eigenvalue weighted by atomic mass is 10.1. The highest BCUT2D eigenvalue weighted by atomic mass is 35.5. The van der Waals surface area contributed by atoms with E-state index in [9.17, 15) is 4.39 Å². The minimum absolute atomic E-state index is 0.0661. The number of benzene rings is 2. The maximum Gasteiger partial charge on any atom is 0.138 e. The van der Waals surface area contributed by atoms with Crippen LogP contribution in [0.1, 0.15) is 24.1 Å². The largest absolute Gasteiger partial charge is 0.487 e. The molecule has 0 aliphatic heterocycles. The van der Waals surface area contributed by atoms with Gasteiger partial charge in [-0.2, -0.15) is 0 Å². The van der Waals surface area contributed by atoms with Gasteiger partial charge in [0.05, 0.1) is 5.02 Å². The van der Waals surface area contributed by atoms with Crippen LogP contribution in [0.15, 0.2) is 42.5 Å². The zero-order valence-electron chi connectivity index (χ0n) is 10.6. The molecule has 0 amide bonds. The van der Waals surface area contributed by atoms with E-state index in [-0.39, 0.29) is 11.9 Å². The van der Waals surface area contributed by atoms with Crippen LogP contribution in [0.2, 0.25) is 5.02 Å². The van der Waals surface area contributed by atoms with Crippen molar-refractivity contribution >= 4 is 11.6 Å². The minimum atomic E-state index is -0.261. The number of ether oxygens (including phenoxy) is 1. The first-order valence-electron chi connectivity index (χ1n) is 5.98. The Kier molecular flexibility index (Phi) is 4.40. The lowest BCUT2D eigenvalue weighted by Gasteiger charge is -2.11. The molecule has 2 aromatic rings. The van der Waals surface area contributed by atoms with E-state index in [1.54, 1.807) is 24.3 Å². The lowest BCUT2D eigenvalue weighted by Crippen LogP contribution is -2.05. The fourth-order valence-electron chi connectivity index (χ4n) is 1.66. The zero-order chi connectivity index (χ0) is 13.8. The van der Waals surface area contributed by atoms with Crippen LogP contribution in [-0.4, -0.2) is 0 Å². The normalized spacial score (nSPS) is 12.2. The van der Waals surface area contributed by atoms with E-state index in [1.165, 1.54) is 12.1 Å². The van der Waals surface area contributed by atoms with Crippen molar-refractivity contribution in [2.75, 3.05) is 0 Å². The Morgan fingerprint density at radius 2 is 1.89 bits per heavy atom. The fraction of sp³-hybridized carbons (Fsp3) is 0.200. The molecule has 0 aliphatic carbocycles. The second kappa shape index (κ2) is 6.04. The van der Waals surface area contributed by atoms with Gasteiger partial charge in [0.1, 0.15) is 18.2 Å². The number of rotatable bonds is 4. The van der Waals surface area contributed by atoms with Crippen LogP contribution in [-0.2, 0) is 6.61 Å². The summed E-state index contributed by atoms with van der Waals surface area (Å²) in [6.07, 6.45) is 0. The maximum atomic E-state index is 12.8. The molecule has 4 heteroatoms. The summed E-state index contributed by atoms with van der Waals surface area (Å²) >= 11 is 6.12. The Labute approximate surface area is 117 Å². The van der Waals surface area contributed by atoms with Gasteiger partial charge in [0.25, 0.3) is 0 Å². The van der Waals surface area contributed by atoms with Gasteiger partial charge < -0.3 is 10.5 Å². The molecule has 2 rings (SSSR count). The average molecular weight is 280 g/mol. The summed E-state index contributed by atoms with van der Waals surface area (Å²) in [5, 5.41) is 0.525. The first kappa shape index (κ1) is 13.8. The molecule has 0 saturated carbocycles. The standard InChI is InChI=1S/C15H15ClFNO/c1-10(18)12-4-7-15(14(16)8-12)19-9-11-2-5-13(17)6-3-11/h2-8,10H,9,18H2,1H3/t10-/m1/s1. The second-order valence-electron chi connectivity index (χ2n) is 4.39. The van der Waals surface area contributed by atoms with Gasteiger partial charge in [-0.25, -0.2) is 4.39 Å². The van der Waals surface area contributed by atoms with Crippen LogP contribution in [0.25, 0.3) is 0 Å². The number of halogens is 2. The molecular formula is C15H15ClFNO. The monoisotopic (exact) mass is 279 g/mol. The summed E-state index contributed by atoms with van der Waals surface area (Å²) in [6.45, 7) is 2.24. The first-order valence-corrected chi connectivity index (χ1v) is 6.36. The van der Waals surface area contributed by atoms with Gasteiger partial charge in [0, 0.05) is 6.04 Å². The van der Waals surface area contributed by atoms with Crippen molar-refractivity contribution in [2.45, 2.75) is 19.6 Å². The Morgan fingerprint density at radius 1 is 1.21 bits per heavy atom. The Balaban J connectivity index is 2.05. The van der Waals surface area contributed by atoms with Crippen LogP contribution >= 0.6 is 11.6 Å². The van der Waals surface area contributed by atoms with Gasteiger partial charge in [-0.05, 0) is 42.3 Å². The molecule has 0 unspecified atom stereocenters. The van der Waals surface area contributed by atoms with Gasteiger partial charge in [0.2, 0.25) is 0 Å². The molecule has 0 spiro atoms. The SMILES string of the molecule is C[C@@H](N)c1ccc(OCc2ccc(F)cc2)c(Cl)c1. The van der Waals surface area contributed by atoms with Crippen LogP contribution < -0.4 is 10.5 Å². The van der Waals surface area contributed by atoms with Crippen LogP contribution in [0.4, 0.5) is 4.39 Å². The lowest BCUT2D eigenvalue weighted by molar-refractivity contribution is 0.306. The van der Waals surface area contributed by atoms with Crippen molar-refractivity contribution in [3.63, 3.8) is 0 Å². The molecule has 100 valence electrons. The molecule has 1 atom stereocenters. The summed E-state index contributed by atoms with van der Waals surface area (Å²) in [5.41, 5.74) is 7.62. The first-order chi connectivity index (χ1) is 9.06. The van der Waals surface area contributed by atoms with E-state index in [1.807, 2.05) is 13.0 Å². The van der Waals surface area contributed by atoms with E-state index >= 15 is 0 Å². The third-order valence-corrected chi connectivity index (χ3v) is 3.08. The Bertz CT molecular complexity index is 555. The van der Waals surface area contributed by atoms with Gasteiger partial charge in [0.15, 0.2) is 0 Å². The molecular weight excluding hydrogens is 265 g/mol. The summed E-state index contributed by atoms with van der Waals surface area (Å²) in [6, 6.07) is 11.6. The molecule has 0 fully saturated rings. The molecule has 2 N–H and O–H groups in total. The summed E-state index contributed by atoms with van der Waals surface area (Å²) < 4.78 is 18.4. The Hall–Kier alpha value is -1.58. The van der Waals surface area contributed by atoms with Crippen LogP contribution in [0.3, 0.4) is 0 Å². The van der Waals surface area contributed by atoms with Gasteiger partial charge >= 0.3 is 0 Å². The fourth-order valence-corrected chi connectivity index (χ4v) is 1.90. The van der Waals surface area contributed by atoms with Crippen molar-refractivity contribution in [1.82, 2.24) is 0 Å². The maximum absolute atomic E-state index is 12.8. The molecule has 2 aromatic carbocycles. The number of hydrogen-bond acceptors (Lipinski definition) is 2. The quantitative estimate of drug-likeness (QED) is 0.915. The summed E-state index contributed by atoms with van der Waals surface area (Å²) in [7, 11) is 0. The molecule has 0 bridgehead atoms. The van der Waals surface area contributed by atoms with Gasteiger partial charge in [-0.15, -0.1) is 0 Å². The smallest absolute Gasteiger partial charge is 0.138 e. The van der Waals surface area contributed by atoms with E-state index in [0.29, 0.717) is 17.4 Å². The van der Waals surface area contributed by atoms with E-state index in [2.05, 4.69) is 0 Å². The Morgan fingerprint density at radius 3 is 2.47 bits per heavy atom. The molecule has 0 aliphatic rings. The topological polar surface area (TPSA) is 35.2 Å². The molecule has 0 radical (unpaired) electrons. The average Bonchev–Trinajstić information content (AvgIpc) is 2.39. The van der Waals surface area contributed by atoms with Crippen LogP contribution in [0, 0.1) is 5.82 Å². The van der Waals surface area contributed by atoms with Crippen molar-refractivity contribution in [1.29, 1.82) is 0 Å². The van der Waals surface area contributed by atoms with E-state index in [0.717, 1.165) is 11.1 Å². The number of hydrogen-bond donors (Lipinski definition) is 1. The highest BCUT2D eigenvalue weighted by molar-refractivity contribution is 6.32. The third-order valence-electron chi connectivity index (χ3n) is 2.79. The molecule has 0 saturated heterocycles. The summed E-state index contributed by atoms with van der Waals surface area (Å²) in [4.78, 5) is 0. The van der Waals surface area contributed by atoms with Gasteiger partial charge in [-0.1, -0.05) is 29.8 Å². The molecule has 19 heavy (non-hydrogen) atoms. The second-order valence-corrected chi connectivity index (χ2v) is 4.80. The highest BCUT2D eigenvalue weighted by Gasteiger charge is 2.06. The highest BCUT2D eigenvalue weighted by Crippen LogP contribution is 2.28. The third kappa shape index (κ3) is 3.69.